The fraction of sp³-hybridized carbons (Fsp3) is 0.115. The van der Waals surface area contributed by atoms with Crippen molar-refractivity contribution in [2.75, 3.05) is 4.90 Å². The standard InChI is InChI=1S/C52H39N/c1-51(2)44-25-23-32-14-10-11-19-39(32)49(44)42-28-35-22-24-38(26-36(35)30-46(42)51)53(37-17-6-5-7-18-37)48-31-47-50(41-21-13-12-20-40(41)48)43-27-33-15-8-9-16-34(33)29-45(43)52(47,3)4/h5-31H,1-4H3. The summed E-state index contributed by atoms with van der Waals surface area (Å²) >= 11 is 0. The van der Waals surface area contributed by atoms with E-state index >= 15 is 0 Å². The van der Waals surface area contributed by atoms with Gasteiger partial charge in [-0.3, -0.25) is 0 Å². The number of fused-ring (bicyclic) bond motifs is 12. The summed E-state index contributed by atoms with van der Waals surface area (Å²) < 4.78 is 0. The number of hydrogen-bond acceptors (Lipinski definition) is 1. The third-order valence-electron chi connectivity index (χ3n) is 12.5. The topological polar surface area (TPSA) is 3.24 Å². The van der Waals surface area contributed by atoms with Crippen molar-refractivity contribution >= 4 is 60.2 Å². The third kappa shape index (κ3) is 4.20. The Labute approximate surface area is 310 Å². The summed E-state index contributed by atoms with van der Waals surface area (Å²) in [5, 5.41) is 10.3. The van der Waals surface area contributed by atoms with Crippen molar-refractivity contribution in [1.82, 2.24) is 0 Å². The van der Waals surface area contributed by atoms with Gasteiger partial charge in [0.15, 0.2) is 0 Å². The van der Waals surface area contributed by atoms with Crippen molar-refractivity contribution in [2.24, 2.45) is 0 Å². The van der Waals surface area contributed by atoms with Crippen LogP contribution in [0.4, 0.5) is 17.1 Å². The van der Waals surface area contributed by atoms with Crippen molar-refractivity contribution in [3.63, 3.8) is 0 Å². The van der Waals surface area contributed by atoms with Gasteiger partial charge in [0, 0.05) is 27.6 Å². The molecule has 2 aliphatic rings. The minimum atomic E-state index is -0.162. The summed E-state index contributed by atoms with van der Waals surface area (Å²) in [6.07, 6.45) is 0. The highest BCUT2D eigenvalue weighted by Gasteiger charge is 2.39. The molecule has 0 N–H and O–H groups in total. The first kappa shape index (κ1) is 30.4. The van der Waals surface area contributed by atoms with Crippen LogP contribution in [0.5, 0.6) is 0 Å². The maximum absolute atomic E-state index is 2.49. The Morgan fingerprint density at radius 1 is 0.340 bits per heavy atom. The van der Waals surface area contributed by atoms with Crippen molar-refractivity contribution in [3.8, 4) is 22.3 Å². The van der Waals surface area contributed by atoms with E-state index in [0.717, 1.165) is 11.4 Å². The molecule has 0 saturated carbocycles. The first-order chi connectivity index (χ1) is 25.8. The minimum Gasteiger partial charge on any atom is -0.310 e. The monoisotopic (exact) mass is 677 g/mol. The molecule has 11 rings (SSSR count). The largest absolute Gasteiger partial charge is 0.310 e. The molecule has 0 fully saturated rings. The lowest BCUT2D eigenvalue weighted by Gasteiger charge is -2.30. The predicted molar refractivity (Wildman–Crippen MR) is 226 cm³/mol. The molecule has 9 aromatic rings. The number of anilines is 3. The van der Waals surface area contributed by atoms with Gasteiger partial charge in [0.2, 0.25) is 0 Å². The predicted octanol–water partition coefficient (Wildman–Crippen LogP) is 14.4. The average Bonchev–Trinajstić information content (AvgIpc) is 3.55. The van der Waals surface area contributed by atoms with Crippen LogP contribution >= 0.6 is 0 Å². The number of para-hydroxylation sites is 1. The summed E-state index contributed by atoms with van der Waals surface area (Å²) in [6.45, 7) is 9.57. The van der Waals surface area contributed by atoms with Crippen molar-refractivity contribution in [3.05, 3.63) is 186 Å². The molecule has 0 aliphatic heterocycles. The number of nitrogens with zero attached hydrogens (tertiary/aromatic N) is 1. The molecular weight excluding hydrogens is 639 g/mol. The van der Waals surface area contributed by atoms with Gasteiger partial charge >= 0.3 is 0 Å². The Hall–Kier alpha value is -6.18. The fourth-order valence-electron chi connectivity index (χ4n) is 9.81. The zero-order chi connectivity index (χ0) is 35.6. The van der Waals surface area contributed by atoms with Crippen LogP contribution in [0, 0.1) is 0 Å². The lowest BCUT2D eigenvalue weighted by atomic mass is 9.81. The van der Waals surface area contributed by atoms with Gasteiger partial charge in [-0.25, -0.2) is 0 Å². The van der Waals surface area contributed by atoms with Crippen LogP contribution in [0.15, 0.2) is 164 Å². The van der Waals surface area contributed by atoms with Crippen molar-refractivity contribution in [2.45, 2.75) is 38.5 Å². The quantitative estimate of drug-likeness (QED) is 0.180. The van der Waals surface area contributed by atoms with E-state index in [1.54, 1.807) is 0 Å². The summed E-state index contributed by atoms with van der Waals surface area (Å²) in [5.74, 6) is 0. The molecule has 0 spiro atoms. The molecule has 0 heterocycles. The van der Waals surface area contributed by atoms with Gasteiger partial charge in [0.1, 0.15) is 0 Å². The lowest BCUT2D eigenvalue weighted by molar-refractivity contribution is 0.661. The molecule has 0 bridgehead atoms. The second-order valence-corrected chi connectivity index (χ2v) is 16.2. The van der Waals surface area contributed by atoms with E-state index in [0.29, 0.717) is 0 Å². The van der Waals surface area contributed by atoms with E-state index in [2.05, 4.69) is 196 Å². The maximum atomic E-state index is 2.49. The van der Waals surface area contributed by atoms with E-state index in [9.17, 15) is 0 Å². The smallest absolute Gasteiger partial charge is 0.0543 e. The van der Waals surface area contributed by atoms with Gasteiger partial charge < -0.3 is 4.90 Å². The van der Waals surface area contributed by atoms with Crippen LogP contribution in [0.1, 0.15) is 49.9 Å². The Bertz CT molecular complexity index is 3000. The Morgan fingerprint density at radius 2 is 0.868 bits per heavy atom. The molecule has 0 atom stereocenters. The van der Waals surface area contributed by atoms with Crippen LogP contribution in [0.3, 0.4) is 0 Å². The highest BCUT2D eigenvalue weighted by molar-refractivity contribution is 6.12. The summed E-state index contributed by atoms with van der Waals surface area (Å²) in [5.41, 5.74) is 14.3. The third-order valence-corrected chi connectivity index (χ3v) is 12.5. The first-order valence-electron chi connectivity index (χ1n) is 18.8. The van der Waals surface area contributed by atoms with Crippen LogP contribution in [0.25, 0.3) is 65.3 Å². The lowest BCUT2D eigenvalue weighted by Crippen LogP contribution is -2.17. The zero-order valence-corrected chi connectivity index (χ0v) is 30.5. The molecule has 0 unspecified atom stereocenters. The molecule has 53 heavy (non-hydrogen) atoms. The van der Waals surface area contributed by atoms with Crippen LogP contribution in [0.2, 0.25) is 0 Å². The van der Waals surface area contributed by atoms with Crippen LogP contribution in [-0.2, 0) is 10.8 Å². The van der Waals surface area contributed by atoms with Crippen LogP contribution < -0.4 is 4.90 Å². The summed E-state index contributed by atoms with van der Waals surface area (Å²) in [7, 11) is 0. The first-order valence-corrected chi connectivity index (χ1v) is 18.8. The van der Waals surface area contributed by atoms with E-state index in [1.165, 1.54) is 93.3 Å². The second-order valence-electron chi connectivity index (χ2n) is 16.2. The number of hydrogen-bond donors (Lipinski definition) is 0. The molecule has 9 aromatic carbocycles. The molecular formula is C52H39N. The van der Waals surface area contributed by atoms with E-state index in [-0.39, 0.29) is 10.8 Å². The summed E-state index contributed by atoms with van der Waals surface area (Å²) in [4.78, 5) is 2.48. The van der Waals surface area contributed by atoms with Gasteiger partial charge in [-0.15, -0.1) is 0 Å². The Morgan fingerprint density at radius 3 is 1.60 bits per heavy atom. The molecule has 0 saturated heterocycles. The second kappa shape index (κ2) is 10.7. The fourth-order valence-corrected chi connectivity index (χ4v) is 9.81. The normalized spacial score (nSPS) is 14.7. The van der Waals surface area contributed by atoms with Gasteiger partial charge in [-0.1, -0.05) is 137 Å². The number of rotatable bonds is 3. The molecule has 0 aromatic heterocycles. The van der Waals surface area contributed by atoms with Gasteiger partial charge in [-0.2, -0.15) is 0 Å². The minimum absolute atomic E-state index is 0.0976. The summed E-state index contributed by atoms with van der Waals surface area (Å²) in [6, 6.07) is 61.5. The van der Waals surface area contributed by atoms with Crippen molar-refractivity contribution in [1.29, 1.82) is 0 Å². The van der Waals surface area contributed by atoms with Gasteiger partial charge in [0.05, 0.1) is 5.69 Å². The van der Waals surface area contributed by atoms with Gasteiger partial charge in [-0.05, 0) is 137 Å². The molecule has 2 aliphatic carbocycles. The Balaban J connectivity index is 1.14. The van der Waals surface area contributed by atoms with E-state index < -0.39 is 0 Å². The SMILES string of the molecule is CC1(C)c2cc3cc(N(c4ccccc4)c4cc5c(c6ccccc46)-c4cc6ccccc6cc4C5(C)C)ccc3cc2-c2c1ccc1ccccc21. The number of benzene rings is 9. The zero-order valence-electron chi connectivity index (χ0n) is 30.5. The maximum Gasteiger partial charge on any atom is 0.0543 e. The van der Waals surface area contributed by atoms with E-state index in [4.69, 9.17) is 0 Å². The van der Waals surface area contributed by atoms with Crippen molar-refractivity contribution < 1.29 is 0 Å². The highest BCUT2D eigenvalue weighted by Crippen LogP contribution is 2.56. The molecule has 0 amide bonds. The van der Waals surface area contributed by atoms with Gasteiger partial charge in [0.25, 0.3) is 0 Å². The highest BCUT2D eigenvalue weighted by atomic mass is 15.1. The molecule has 1 heteroatoms. The average molecular weight is 678 g/mol. The Kier molecular flexibility index (Phi) is 6.14. The molecule has 0 radical (unpaired) electrons. The molecule has 252 valence electrons. The van der Waals surface area contributed by atoms with Crippen LogP contribution in [-0.4, -0.2) is 0 Å². The van der Waals surface area contributed by atoms with E-state index in [1.807, 2.05) is 0 Å². The molecule has 1 nitrogen and oxygen atoms in total.